The van der Waals surface area contributed by atoms with Crippen molar-refractivity contribution in [3.05, 3.63) is 29.7 Å². The van der Waals surface area contributed by atoms with Gasteiger partial charge in [-0.15, -0.1) is 0 Å². The van der Waals surface area contributed by atoms with Gasteiger partial charge in [-0.1, -0.05) is 11.3 Å². The van der Waals surface area contributed by atoms with Gasteiger partial charge >= 0.3 is 6.09 Å². The Hall–Kier alpha value is -2.46. The van der Waals surface area contributed by atoms with Gasteiger partial charge in [0, 0.05) is 6.20 Å². The van der Waals surface area contributed by atoms with Gasteiger partial charge in [-0.25, -0.2) is 9.78 Å². The Morgan fingerprint density at radius 1 is 1.44 bits per heavy atom. The minimum Gasteiger partial charge on any atom is -0.444 e. The predicted octanol–water partition coefficient (Wildman–Crippen LogP) is 4.42. The van der Waals surface area contributed by atoms with Crippen LogP contribution in [-0.2, 0) is 10.2 Å². The van der Waals surface area contributed by atoms with Gasteiger partial charge in [0.15, 0.2) is 5.13 Å². The summed E-state index contributed by atoms with van der Waals surface area (Å²) in [6.45, 7) is 7.33. The summed E-state index contributed by atoms with van der Waals surface area (Å²) in [5.41, 5.74) is 1.59. The van der Waals surface area contributed by atoms with Crippen molar-refractivity contribution in [2.45, 2.75) is 51.6 Å². The van der Waals surface area contributed by atoms with Crippen LogP contribution in [0, 0.1) is 18.3 Å². The minimum atomic E-state index is -0.560. The molecule has 2 aromatic heterocycles. The van der Waals surface area contributed by atoms with Crippen LogP contribution >= 0.6 is 11.3 Å². The Morgan fingerprint density at radius 3 is 2.76 bits per heavy atom. The van der Waals surface area contributed by atoms with Crippen molar-refractivity contribution >= 4 is 22.6 Å². The summed E-state index contributed by atoms with van der Waals surface area (Å²) in [5.74, 6) is 0. The molecule has 25 heavy (non-hydrogen) atoms. The third kappa shape index (κ3) is 3.80. The number of hydrogen-bond acceptors (Lipinski definition) is 6. The number of carbonyl (C=O) groups is 1. The first-order chi connectivity index (χ1) is 11.7. The van der Waals surface area contributed by atoms with E-state index < -0.39 is 17.1 Å². The highest BCUT2D eigenvalue weighted by molar-refractivity contribution is 7.19. The molecule has 1 N–H and O–H groups in total. The van der Waals surface area contributed by atoms with Crippen LogP contribution in [0.1, 0.15) is 45.0 Å². The predicted molar refractivity (Wildman–Crippen MR) is 96.5 cm³/mol. The van der Waals surface area contributed by atoms with Crippen LogP contribution in [0.25, 0.3) is 10.4 Å². The van der Waals surface area contributed by atoms with Crippen molar-refractivity contribution in [1.82, 2.24) is 9.97 Å². The highest BCUT2D eigenvalue weighted by Crippen LogP contribution is 2.47. The zero-order valence-corrected chi connectivity index (χ0v) is 15.5. The number of aromatic nitrogens is 2. The Labute approximate surface area is 150 Å². The lowest BCUT2D eigenvalue weighted by Crippen LogP contribution is -2.27. The monoisotopic (exact) mass is 356 g/mol. The van der Waals surface area contributed by atoms with Gasteiger partial charge in [-0.05, 0) is 58.2 Å². The number of thiazole rings is 1. The first-order valence-corrected chi connectivity index (χ1v) is 8.90. The molecule has 1 aliphatic rings. The zero-order chi connectivity index (χ0) is 18.2. The minimum absolute atomic E-state index is 0.424. The number of ether oxygens (including phenoxy) is 1. The number of anilines is 1. The fourth-order valence-electron chi connectivity index (χ4n) is 2.49. The summed E-state index contributed by atoms with van der Waals surface area (Å²) in [6.07, 6.45) is 2.91. The van der Waals surface area contributed by atoms with E-state index in [-0.39, 0.29) is 0 Å². The van der Waals surface area contributed by atoms with E-state index in [2.05, 4.69) is 21.4 Å². The normalized spacial score (nSPS) is 15.3. The van der Waals surface area contributed by atoms with E-state index >= 15 is 0 Å². The van der Waals surface area contributed by atoms with Crippen LogP contribution in [0.2, 0.25) is 0 Å². The molecule has 0 radical (unpaired) electrons. The van der Waals surface area contributed by atoms with E-state index in [0.29, 0.717) is 5.13 Å². The number of nitrogens with one attached hydrogen (secondary N) is 1. The molecule has 0 aromatic carbocycles. The average molecular weight is 356 g/mol. The Kier molecular flexibility index (Phi) is 4.25. The van der Waals surface area contributed by atoms with E-state index in [0.717, 1.165) is 34.7 Å². The number of rotatable bonds is 3. The molecule has 0 unspecified atom stereocenters. The fraction of sp³-hybridized carbons (Fsp3) is 0.444. The van der Waals surface area contributed by atoms with Crippen LogP contribution in [0.5, 0.6) is 0 Å². The maximum atomic E-state index is 11.9. The van der Waals surface area contributed by atoms with Gasteiger partial charge in [-0.2, -0.15) is 5.26 Å². The molecule has 0 atom stereocenters. The van der Waals surface area contributed by atoms with Gasteiger partial charge in [0.05, 0.1) is 27.7 Å². The molecule has 0 spiro atoms. The number of amides is 1. The number of nitriles is 1. The van der Waals surface area contributed by atoms with E-state index in [1.54, 1.807) is 6.20 Å². The SMILES string of the molecule is Cc1nc(NC(=O)OC(C)(C)C)sc1-c1ccnc(C2(C#N)CC2)c1. The maximum absolute atomic E-state index is 11.9. The fourth-order valence-corrected chi connectivity index (χ4v) is 3.44. The summed E-state index contributed by atoms with van der Waals surface area (Å²) in [4.78, 5) is 21.6. The van der Waals surface area contributed by atoms with Gasteiger partial charge in [0.25, 0.3) is 0 Å². The summed E-state index contributed by atoms with van der Waals surface area (Å²) >= 11 is 1.38. The number of carbonyl (C=O) groups excluding carboxylic acids is 1. The van der Waals surface area contributed by atoms with Crippen molar-refractivity contribution in [3.8, 4) is 16.5 Å². The molecule has 0 saturated heterocycles. The molecule has 1 fully saturated rings. The lowest BCUT2D eigenvalue weighted by Gasteiger charge is -2.18. The van der Waals surface area contributed by atoms with Gasteiger partial charge < -0.3 is 4.74 Å². The van der Waals surface area contributed by atoms with Crippen LogP contribution < -0.4 is 5.32 Å². The zero-order valence-electron chi connectivity index (χ0n) is 14.7. The number of aryl methyl sites for hydroxylation is 1. The van der Waals surface area contributed by atoms with Gasteiger partial charge in [-0.3, -0.25) is 10.3 Å². The van der Waals surface area contributed by atoms with Crippen molar-refractivity contribution in [2.75, 3.05) is 5.32 Å². The van der Waals surface area contributed by atoms with E-state index in [9.17, 15) is 10.1 Å². The molecule has 3 rings (SSSR count). The Morgan fingerprint density at radius 2 is 2.16 bits per heavy atom. The molecule has 1 aliphatic carbocycles. The van der Waals surface area contributed by atoms with Crippen LogP contribution in [0.3, 0.4) is 0 Å². The lowest BCUT2D eigenvalue weighted by atomic mass is 10.0. The van der Waals surface area contributed by atoms with Crippen molar-refractivity contribution < 1.29 is 9.53 Å². The van der Waals surface area contributed by atoms with Crippen molar-refractivity contribution in [2.24, 2.45) is 0 Å². The smallest absolute Gasteiger partial charge is 0.413 e. The van der Waals surface area contributed by atoms with Gasteiger partial charge in [0.2, 0.25) is 0 Å². The standard InChI is InChI=1S/C18H20N4O2S/c1-11-14(25-15(21-11)22-16(23)24-17(2,3)4)12-5-8-20-13(9-12)18(10-19)6-7-18/h5,8-9H,6-7H2,1-4H3,(H,21,22,23). The quantitative estimate of drug-likeness (QED) is 0.879. The first kappa shape index (κ1) is 17.4. The number of pyridine rings is 1. The van der Waals surface area contributed by atoms with Crippen LogP contribution in [0.4, 0.5) is 9.93 Å². The molecule has 0 bridgehead atoms. The van der Waals surface area contributed by atoms with E-state index in [1.165, 1.54) is 11.3 Å². The van der Waals surface area contributed by atoms with Gasteiger partial charge in [0.1, 0.15) is 5.60 Å². The van der Waals surface area contributed by atoms with Crippen molar-refractivity contribution in [3.63, 3.8) is 0 Å². The number of nitrogens with zero attached hydrogens (tertiary/aromatic N) is 3. The highest BCUT2D eigenvalue weighted by Gasteiger charge is 2.46. The second-order valence-electron chi connectivity index (χ2n) is 7.18. The second kappa shape index (κ2) is 6.12. The highest BCUT2D eigenvalue weighted by atomic mass is 32.1. The molecule has 6 nitrogen and oxygen atoms in total. The maximum Gasteiger partial charge on any atom is 0.413 e. The molecule has 1 saturated carbocycles. The van der Waals surface area contributed by atoms with Crippen molar-refractivity contribution in [1.29, 1.82) is 5.26 Å². The topological polar surface area (TPSA) is 87.9 Å². The Bertz CT molecular complexity index is 857. The molecule has 7 heteroatoms. The summed E-state index contributed by atoms with van der Waals surface area (Å²) < 4.78 is 5.25. The van der Waals surface area contributed by atoms with Crippen LogP contribution in [-0.4, -0.2) is 21.7 Å². The lowest BCUT2D eigenvalue weighted by molar-refractivity contribution is 0.0636. The molecular formula is C18H20N4O2S. The number of hydrogen-bond donors (Lipinski definition) is 1. The molecule has 0 aliphatic heterocycles. The molecular weight excluding hydrogens is 336 g/mol. The third-order valence-corrected chi connectivity index (χ3v) is 5.00. The summed E-state index contributed by atoms with van der Waals surface area (Å²) in [5, 5.41) is 12.5. The van der Waals surface area contributed by atoms with E-state index in [1.807, 2.05) is 39.8 Å². The Balaban J connectivity index is 1.83. The average Bonchev–Trinajstić information content (AvgIpc) is 3.24. The van der Waals surface area contributed by atoms with Crippen LogP contribution in [0.15, 0.2) is 18.3 Å². The third-order valence-electron chi connectivity index (χ3n) is 3.88. The summed E-state index contributed by atoms with van der Waals surface area (Å²) in [7, 11) is 0. The second-order valence-corrected chi connectivity index (χ2v) is 8.18. The molecule has 1 amide bonds. The first-order valence-electron chi connectivity index (χ1n) is 8.08. The largest absolute Gasteiger partial charge is 0.444 e. The molecule has 130 valence electrons. The van der Waals surface area contributed by atoms with E-state index in [4.69, 9.17) is 4.74 Å². The molecule has 2 heterocycles. The summed E-state index contributed by atoms with van der Waals surface area (Å²) in [6, 6.07) is 6.22. The molecule has 2 aromatic rings.